The maximum atomic E-state index is 11.6. The highest BCUT2D eigenvalue weighted by atomic mass is 32.1. The number of hydrogen-bond acceptors (Lipinski definition) is 6. The fourth-order valence-corrected chi connectivity index (χ4v) is 4.08. The summed E-state index contributed by atoms with van der Waals surface area (Å²) in [6.45, 7) is 6.97. The van der Waals surface area contributed by atoms with Crippen molar-refractivity contribution in [1.82, 2.24) is 14.9 Å². The molecular weight excluding hydrogens is 288 g/mol. The first-order valence-corrected chi connectivity index (χ1v) is 7.86. The SMILES string of the molecule is Cc1sc2ncnc(N3CCN4C(=O)OCC4C3)c2c1C. The summed E-state index contributed by atoms with van der Waals surface area (Å²) < 4.78 is 5.13. The van der Waals surface area contributed by atoms with Gasteiger partial charge in [-0.25, -0.2) is 14.8 Å². The lowest BCUT2D eigenvalue weighted by molar-refractivity contribution is 0.157. The van der Waals surface area contributed by atoms with E-state index in [0.29, 0.717) is 13.2 Å². The van der Waals surface area contributed by atoms with E-state index in [1.807, 2.05) is 4.90 Å². The van der Waals surface area contributed by atoms with E-state index in [1.165, 1.54) is 10.4 Å². The van der Waals surface area contributed by atoms with Crippen molar-refractivity contribution in [3.8, 4) is 0 Å². The molecular formula is C14H16N4O2S. The predicted octanol–water partition coefficient (Wildman–Crippen LogP) is 1.95. The molecule has 4 heterocycles. The van der Waals surface area contributed by atoms with Crippen LogP contribution in [0.1, 0.15) is 10.4 Å². The minimum Gasteiger partial charge on any atom is -0.447 e. The zero-order valence-corrected chi connectivity index (χ0v) is 12.8. The Hall–Kier alpha value is -1.89. The molecule has 7 heteroatoms. The topological polar surface area (TPSA) is 58.6 Å². The first-order chi connectivity index (χ1) is 10.1. The zero-order chi connectivity index (χ0) is 14.6. The Balaban J connectivity index is 1.73. The lowest BCUT2D eigenvalue weighted by atomic mass is 10.1. The number of aryl methyl sites for hydroxylation is 2. The van der Waals surface area contributed by atoms with Gasteiger partial charge in [-0.1, -0.05) is 0 Å². The standard InChI is InChI=1S/C14H16N4O2S/c1-8-9(2)21-13-11(8)12(15-7-16-13)17-3-4-18-10(5-17)6-20-14(18)19/h7,10H,3-6H2,1-2H3. The fraction of sp³-hybridized carbons (Fsp3) is 0.500. The molecule has 2 aromatic heterocycles. The number of hydrogen-bond donors (Lipinski definition) is 0. The van der Waals surface area contributed by atoms with Crippen LogP contribution in [0.15, 0.2) is 6.33 Å². The van der Waals surface area contributed by atoms with E-state index in [9.17, 15) is 4.79 Å². The smallest absolute Gasteiger partial charge is 0.410 e. The van der Waals surface area contributed by atoms with E-state index in [0.717, 1.165) is 29.1 Å². The van der Waals surface area contributed by atoms with Crippen molar-refractivity contribution in [3.05, 3.63) is 16.8 Å². The van der Waals surface area contributed by atoms with Gasteiger partial charge in [-0.3, -0.25) is 4.90 Å². The molecule has 2 fully saturated rings. The molecule has 21 heavy (non-hydrogen) atoms. The monoisotopic (exact) mass is 304 g/mol. The predicted molar refractivity (Wildman–Crippen MR) is 80.9 cm³/mol. The summed E-state index contributed by atoms with van der Waals surface area (Å²) in [6.07, 6.45) is 1.45. The molecule has 1 atom stereocenters. The van der Waals surface area contributed by atoms with Gasteiger partial charge in [0.2, 0.25) is 0 Å². The Morgan fingerprint density at radius 3 is 3.05 bits per heavy atom. The van der Waals surface area contributed by atoms with Crippen LogP contribution in [0.25, 0.3) is 10.2 Å². The molecule has 2 aliphatic heterocycles. The molecule has 2 saturated heterocycles. The number of piperazine rings is 1. The maximum absolute atomic E-state index is 11.6. The van der Waals surface area contributed by atoms with Gasteiger partial charge in [-0.05, 0) is 19.4 Å². The molecule has 0 aliphatic carbocycles. The van der Waals surface area contributed by atoms with Gasteiger partial charge in [0.05, 0.1) is 11.4 Å². The molecule has 1 unspecified atom stereocenters. The molecule has 0 bridgehead atoms. The summed E-state index contributed by atoms with van der Waals surface area (Å²) in [5, 5.41) is 1.15. The van der Waals surface area contributed by atoms with E-state index in [4.69, 9.17) is 4.74 Å². The van der Waals surface area contributed by atoms with Crippen LogP contribution in [-0.2, 0) is 4.74 Å². The number of thiophene rings is 1. The molecule has 6 nitrogen and oxygen atoms in total. The number of carbonyl (C=O) groups is 1. The number of rotatable bonds is 1. The molecule has 0 saturated carbocycles. The number of anilines is 1. The largest absolute Gasteiger partial charge is 0.447 e. The van der Waals surface area contributed by atoms with Crippen molar-refractivity contribution >= 4 is 33.5 Å². The van der Waals surface area contributed by atoms with Crippen molar-refractivity contribution < 1.29 is 9.53 Å². The van der Waals surface area contributed by atoms with Crippen LogP contribution in [-0.4, -0.2) is 53.2 Å². The van der Waals surface area contributed by atoms with E-state index in [1.54, 1.807) is 17.7 Å². The van der Waals surface area contributed by atoms with Gasteiger partial charge >= 0.3 is 6.09 Å². The minimum absolute atomic E-state index is 0.135. The van der Waals surface area contributed by atoms with Crippen LogP contribution in [0.3, 0.4) is 0 Å². The second-order valence-electron chi connectivity index (χ2n) is 5.53. The van der Waals surface area contributed by atoms with E-state index < -0.39 is 0 Å². The van der Waals surface area contributed by atoms with Gasteiger partial charge in [0.1, 0.15) is 23.6 Å². The van der Waals surface area contributed by atoms with Crippen LogP contribution in [0.2, 0.25) is 0 Å². The molecule has 0 radical (unpaired) electrons. The van der Waals surface area contributed by atoms with Gasteiger partial charge in [-0.2, -0.15) is 0 Å². The second kappa shape index (κ2) is 4.56. The van der Waals surface area contributed by atoms with Gasteiger partial charge < -0.3 is 9.64 Å². The van der Waals surface area contributed by atoms with Gasteiger partial charge in [0.15, 0.2) is 0 Å². The second-order valence-corrected chi connectivity index (χ2v) is 6.73. The normalized spacial score (nSPS) is 21.8. The van der Waals surface area contributed by atoms with Crippen molar-refractivity contribution in [1.29, 1.82) is 0 Å². The van der Waals surface area contributed by atoms with E-state index in [-0.39, 0.29) is 12.1 Å². The molecule has 2 aliphatic rings. The third kappa shape index (κ3) is 1.87. The summed E-state index contributed by atoms with van der Waals surface area (Å²) in [4.78, 5) is 26.9. The first kappa shape index (κ1) is 12.8. The number of amides is 1. The van der Waals surface area contributed by atoms with Gasteiger partial charge in [-0.15, -0.1) is 11.3 Å². The Morgan fingerprint density at radius 2 is 2.19 bits per heavy atom. The highest BCUT2D eigenvalue weighted by Crippen LogP contribution is 2.35. The summed E-state index contributed by atoms with van der Waals surface area (Å²) in [6, 6.07) is 0.135. The Labute approximate surface area is 126 Å². The van der Waals surface area contributed by atoms with Crippen molar-refractivity contribution in [2.45, 2.75) is 19.9 Å². The summed E-state index contributed by atoms with van der Waals surface area (Å²) >= 11 is 1.71. The summed E-state index contributed by atoms with van der Waals surface area (Å²) in [7, 11) is 0. The first-order valence-electron chi connectivity index (χ1n) is 7.04. The average molecular weight is 304 g/mol. The van der Waals surface area contributed by atoms with Crippen LogP contribution in [0.4, 0.5) is 10.6 Å². The van der Waals surface area contributed by atoms with E-state index in [2.05, 4.69) is 28.7 Å². The lowest BCUT2D eigenvalue weighted by Gasteiger charge is -2.36. The van der Waals surface area contributed by atoms with Gasteiger partial charge in [0.25, 0.3) is 0 Å². The van der Waals surface area contributed by atoms with E-state index >= 15 is 0 Å². The molecule has 4 rings (SSSR count). The molecule has 2 aromatic rings. The highest BCUT2D eigenvalue weighted by molar-refractivity contribution is 7.18. The van der Waals surface area contributed by atoms with Crippen LogP contribution in [0.5, 0.6) is 0 Å². The average Bonchev–Trinajstić information content (AvgIpc) is 3.00. The molecule has 0 aromatic carbocycles. The van der Waals surface area contributed by atoms with Gasteiger partial charge in [0, 0.05) is 24.5 Å². The molecule has 110 valence electrons. The molecule has 0 N–H and O–H groups in total. The number of cyclic esters (lactones) is 1. The van der Waals surface area contributed by atoms with Crippen LogP contribution < -0.4 is 4.90 Å². The third-order valence-electron chi connectivity index (χ3n) is 4.36. The van der Waals surface area contributed by atoms with Crippen LogP contribution in [0, 0.1) is 13.8 Å². The Kier molecular flexibility index (Phi) is 2.78. The Morgan fingerprint density at radius 1 is 1.33 bits per heavy atom. The Bertz CT molecular complexity index is 729. The zero-order valence-electron chi connectivity index (χ0n) is 12.0. The number of carbonyl (C=O) groups excluding carboxylic acids is 1. The highest BCUT2D eigenvalue weighted by Gasteiger charge is 2.38. The number of nitrogens with zero attached hydrogens (tertiary/aromatic N) is 4. The minimum atomic E-state index is -0.185. The summed E-state index contributed by atoms with van der Waals surface area (Å²) in [5.41, 5.74) is 1.26. The number of fused-ring (bicyclic) bond motifs is 2. The van der Waals surface area contributed by atoms with Crippen molar-refractivity contribution in [2.75, 3.05) is 31.1 Å². The fourth-order valence-electron chi connectivity index (χ4n) is 3.08. The number of aromatic nitrogens is 2. The van der Waals surface area contributed by atoms with Crippen LogP contribution >= 0.6 is 11.3 Å². The lowest BCUT2D eigenvalue weighted by Crippen LogP contribution is -2.52. The number of ether oxygens (including phenoxy) is 1. The van der Waals surface area contributed by atoms with Crippen molar-refractivity contribution in [2.24, 2.45) is 0 Å². The van der Waals surface area contributed by atoms with Crippen molar-refractivity contribution in [3.63, 3.8) is 0 Å². The summed E-state index contributed by atoms with van der Waals surface area (Å²) in [5.74, 6) is 0.987. The quantitative estimate of drug-likeness (QED) is 0.806. The molecule has 1 amide bonds. The molecule has 0 spiro atoms. The maximum Gasteiger partial charge on any atom is 0.410 e. The third-order valence-corrected chi connectivity index (χ3v) is 5.48.